The van der Waals surface area contributed by atoms with Gasteiger partial charge in [-0.1, -0.05) is 116 Å². The maximum atomic E-state index is 12.6. The number of carbonyl (C=O) groups excluding carboxylic acids is 3. The molecular weight excluding hydrogens is 937 g/mol. The molecule has 1 N–H and O–H groups in total. The summed E-state index contributed by atoms with van der Waals surface area (Å²) in [7, 11) is 1.46. The number of methoxy groups -OCH3 is 1. The van der Waals surface area contributed by atoms with E-state index in [1.165, 1.54) is 65.9 Å². The molecule has 0 heterocycles. The van der Waals surface area contributed by atoms with Crippen molar-refractivity contribution in [1.82, 2.24) is 0 Å². The quantitative estimate of drug-likeness (QED) is 0.0809. The van der Waals surface area contributed by atoms with E-state index >= 15 is 0 Å². The maximum Gasteiger partial charge on any atom is 0.312 e. The molecule has 0 aliphatic heterocycles. The number of phenolic OH excluding ortho intramolecular Hbond substituents is 1. The van der Waals surface area contributed by atoms with Crippen molar-refractivity contribution in [1.29, 1.82) is 0 Å². The van der Waals surface area contributed by atoms with Crippen LogP contribution in [0.4, 0.5) is 0 Å². The van der Waals surface area contributed by atoms with Crippen LogP contribution in [-0.4, -0.2) is 41.3 Å². The highest BCUT2D eigenvalue weighted by Crippen LogP contribution is 2.64. The van der Waals surface area contributed by atoms with E-state index in [2.05, 4.69) is 119 Å². The summed E-state index contributed by atoms with van der Waals surface area (Å²) in [6.45, 7) is 18.6. The molecular formula is C66H95O7S+. The Kier molecular flexibility index (Phi) is 20.8. The fourth-order valence-electron chi connectivity index (χ4n) is 13.6. The molecule has 3 atom stereocenters. The Bertz CT molecular complexity index is 2240. The van der Waals surface area contributed by atoms with E-state index in [0.29, 0.717) is 41.8 Å². The predicted molar refractivity (Wildman–Crippen MR) is 304 cm³/mol. The predicted octanol–water partition coefficient (Wildman–Crippen LogP) is 17.0. The second-order valence-electron chi connectivity index (χ2n) is 23.9. The molecule has 3 unspecified atom stereocenters. The molecule has 406 valence electrons. The lowest BCUT2D eigenvalue weighted by atomic mass is 9.48. The summed E-state index contributed by atoms with van der Waals surface area (Å²) in [5.41, 5.74) is -0.461. The zero-order chi connectivity index (χ0) is 51.9. The number of carbonyl (C=O) groups is 3. The van der Waals surface area contributed by atoms with Crippen molar-refractivity contribution in [3.05, 3.63) is 121 Å². The van der Waals surface area contributed by atoms with E-state index in [1.807, 2.05) is 46.8 Å². The number of hydrogen-bond donors (Lipinski definition) is 1. The van der Waals surface area contributed by atoms with Gasteiger partial charge in [0.25, 0.3) is 0 Å². The Labute approximate surface area is 451 Å². The first-order chi connectivity index (χ1) is 34.3. The summed E-state index contributed by atoms with van der Waals surface area (Å²) in [6.07, 6.45) is 15.9. The second kappa shape index (κ2) is 25.5. The van der Waals surface area contributed by atoms with Crippen molar-refractivity contribution >= 4 is 28.8 Å². The van der Waals surface area contributed by atoms with Crippen LogP contribution in [0.5, 0.6) is 5.75 Å². The van der Waals surface area contributed by atoms with Gasteiger partial charge in [0.1, 0.15) is 17.0 Å². The third-order valence-corrected chi connectivity index (χ3v) is 20.4. The summed E-state index contributed by atoms with van der Waals surface area (Å²) in [4.78, 5) is 41.7. The molecule has 0 radical (unpaired) electrons. The van der Waals surface area contributed by atoms with Crippen LogP contribution < -0.4 is 0 Å². The van der Waals surface area contributed by atoms with E-state index in [0.717, 1.165) is 63.2 Å². The molecule has 8 heteroatoms. The van der Waals surface area contributed by atoms with Gasteiger partial charge in [-0.05, 0) is 213 Å². The van der Waals surface area contributed by atoms with Gasteiger partial charge in [-0.3, -0.25) is 14.4 Å². The van der Waals surface area contributed by atoms with Gasteiger partial charge in [0.2, 0.25) is 0 Å². The Morgan fingerprint density at radius 1 is 0.595 bits per heavy atom. The van der Waals surface area contributed by atoms with Crippen LogP contribution in [-0.2, 0) is 39.5 Å². The summed E-state index contributed by atoms with van der Waals surface area (Å²) >= 11 is 0. The van der Waals surface area contributed by atoms with Gasteiger partial charge < -0.3 is 19.3 Å². The molecule has 0 spiro atoms. The highest BCUT2D eigenvalue weighted by atomic mass is 32.2. The van der Waals surface area contributed by atoms with Crippen molar-refractivity contribution < 1.29 is 33.7 Å². The molecule has 0 amide bonds. The van der Waals surface area contributed by atoms with Crippen LogP contribution in [0.2, 0.25) is 0 Å². The fourth-order valence-corrected chi connectivity index (χ4v) is 15.7. The molecule has 8 saturated carbocycles. The molecule has 8 aliphatic carbocycles. The average molecular weight is 1030 g/mol. The number of hydrogen-bond acceptors (Lipinski definition) is 7. The maximum absolute atomic E-state index is 12.6. The number of aromatic hydroxyl groups is 1. The van der Waals surface area contributed by atoms with Crippen LogP contribution in [0.15, 0.2) is 130 Å². The van der Waals surface area contributed by atoms with Crippen molar-refractivity contribution in [3.63, 3.8) is 0 Å². The molecule has 8 aliphatic rings. The monoisotopic (exact) mass is 1030 g/mol. The minimum absolute atomic E-state index is 0. The number of ether oxygens (including phenoxy) is 3. The van der Waals surface area contributed by atoms with Crippen LogP contribution in [0.25, 0.3) is 0 Å². The topological polar surface area (TPSA) is 99.1 Å². The van der Waals surface area contributed by atoms with Crippen LogP contribution in [0.1, 0.15) is 185 Å². The normalized spacial score (nSPS) is 28.0. The van der Waals surface area contributed by atoms with Gasteiger partial charge in [0.05, 0.1) is 34.2 Å². The van der Waals surface area contributed by atoms with E-state index in [4.69, 9.17) is 19.3 Å². The standard InChI is InChI=1S/C18H28O4.C18H30O2.C18H15S.C10H14O.2CH4/c1-5-16(2,3)14(19)22-18-9-12-6-13(10-18)8-17(7-12,11-18)15(20)21-4;1-5-17(3,4)16(19)20-18(6-2)14-8-12-7-13(10-14)11-15(18)9-12;1-4-10-16(11-5-1)19(17-12-6-2-7-13-17)18-14-8-3-9-15-18;1-3-8(2)9-4-6-10(11)7-5-9;;/h12-13H,5-11H2,1-4H3;12-15H,5-11H2,1-4H3;1-15H;4-8,11H,3H2,1-2H3;2*1H4/q;;+1;;;. The minimum atomic E-state index is -0.457. The zero-order valence-electron chi connectivity index (χ0n) is 45.4. The van der Waals surface area contributed by atoms with Gasteiger partial charge >= 0.3 is 17.9 Å². The largest absolute Gasteiger partial charge is 0.508 e. The van der Waals surface area contributed by atoms with Gasteiger partial charge in [0.15, 0.2) is 14.7 Å². The average Bonchev–Trinajstić information content (AvgIpc) is 3.38. The van der Waals surface area contributed by atoms with Crippen molar-refractivity contribution in [2.24, 2.45) is 51.8 Å². The minimum Gasteiger partial charge on any atom is -0.508 e. The SMILES string of the molecule is C.C.CCC(C)(C)C(=O)OC1(CC)C2CC3CC(C2)CC1C3.CCC(C)(C)C(=O)OC12CC3CC(C1)CC(C(=O)OC)(C3)C2.CCC(C)c1ccc(O)cc1.c1ccc([S+](c2ccccc2)c2ccccc2)cc1. The smallest absolute Gasteiger partial charge is 0.312 e. The highest BCUT2D eigenvalue weighted by molar-refractivity contribution is 7.97. The molecule has 4 aromatic carbocycles. The van der Waals surface area contributed by atoms with Crippen molar-refractivity contribution in [2.75, 3.05) is 7.11 Å². The van der Waals surface area contributed by atoms with E-state index in [9.17, 15) is 14.4 Å². The molecule has 4 aromatic rings. The van der Waals surface area contributed by atoms with Gasteiger partial charge in [-0.25, -0.2) is 0 Å². The van der Waals surface area contributed by atoms with E-state index < -0.39 is 16.4 Å². The Morgan fingerprint density at radius 3 is 1.38 bits per heavy atom. The first-order valence-electron chi connectivity index (χ1n) is 27.6. The molecule has 0 saturated heterocycles. The molecule has 8 fully saturated rings. The van der Waals surface area contributed by atoms with Gasteiger partial charge in [-0.2, -0.15) is 0 Å². The molecule has 8 bridgehead atoms. The number of phenols is 1. The lowest BCUT2D eigenvalue weighted by Gasteiger charge is -2.60. The number of rotatable bonds is 13. The molecule has 74 heavy (non-hydrogen) atoms. The lowest BCUT2D eigenvalue weighted by Crippen LogP contribution is -2.60. The summed E-state index contributed by atoms with van der Waals surface area (Å²) < 4.78 is 17.5. The van der Waals surface area contributed by atoms with Crippen LogP contribution >= 0.6 is 0 Å². The first-order valence-corrected chi connectivity index (χ1v) is 28.8. The summed E-state index contributed by atoms with van der Waals surface area (Å²) in [5.74, 6) is 4.89. The van der Waals surface area contributed by atoms with Crippen LogP contribution in [0.3, 0.4) is 0 Å². The van der Waals surface area contributed by atoms with Gasteiger partial charge in [0, 0.05) is 6.42 Å². The van der Waals surface area contributed by atoms with E-state index in [1.54, 1.807) is 12.1 Å². The Balaban J connectivity index is 0.000000185. The third-order valence-electron chi connectivity index (χ3n) is 18.2. The Morgan fingerprint density at radius 2 is 1.00 bits per heavy atom. The molecule has 12 rings (SSSR count). The van der Waals surface area contributed by atoms with Crippen molar-refractivity contribution in [3.8, 4) is 5.75 Å². The number of benzene rings is 4. The van der Waals surface area contributed by atoms with Crippen molar-refractivity contribution in [2.45, 2.75) is 205 Å². The highest BCUT2D eigenvalue weighted by Gasteiger charge is 2.63. The van der Waals surface area contributed by atoms with Gasteiger partial charge in [-0.15, -0.1) is 0 Å². The summed E-state index contributed by atoms with van der Waals surface area (Å²) in [5, 5.41) is 9.01. The first kappa shape index (κ1) is 60.3. The molecule has 7 nitrogen and oxygen atoms in total. The van der Waals surface area contributed by atoms with Crippen LogP contribution in [0, 0.1) is 51.8 Å². The summed E-state index contributed by atoms with van der Waals surface area (Å²) in [6, 6.07) is 39.6. The lowest BCUT2D eigenvalue weighted by molar-refractivity contribution is -0.218. The Hall–Kier alpha value is -4.56. The molecule has 0 aromatic heterocycles. The zero-order valence-corrected chi connectivity index (χ0v) is 46.2. The second-order valence-corrected chi connectivity index (χ2v) is 26.0. The number of esters is 3. The van der Waals surface area contributed by atoms with E-state index in [-0.39, 0.29) is 54.7 Å². The fraction of sp³-hybridized carbons (Fsp3) is 0.591. The third kappa shape index (κ3) is 13.5.